The van der Waals surface area contributed by atoms with Gasteiger partial charge < -0.3 is 20.0 Å². The van der Waals surface area contributed by atoms with Gasteiger partial charge in [0, 0.05) is 50.7 Å². The minimum absolute atomic E-state index is 0.767. The van der Waals surface area contributed by atoms with E-state index in [-0.39, 0.29) is 0 Å². The van der Waals surface area contributed by atoms with Crippen LogP contribution in [0.5, 0.6) is 0 Å². The van der Waals surface area contributed by atoms with E-state index in [1.54, 1.807) is 12.5 Å². The number of hydrogen-bond donors (Lipinski definition) is 1. The summed E-state index contributed by atoms with van der Waals surface area (Å²) in [5.41, 5.74) is 2.29. The lowest BCUT2D eigenvalue weighted by atomic mass is 10.2. The lowest BCUT2D eigenvalue weighted by molar-refractivity contribution is 0.271. The first-order chi connectivity index (χ1) is 12.2. The van der Waals surface area contributed by atoms with Crippen molar-refractivity contribution >= 4 is 23.0 Å². The second kappa shape index (κ2) is 7.98. The number of rotatable bonds is 6. The first-order valence-electron chi connectivity index (χ1n) is 8.71. The van der Waals surface area contributed by atoms with Crippen molar-refractivity contribution in [3.05, 3.63) is 49.4 Å². The van der Waals surface area contributed by atoms with Crippen LogP contribution in [-0.2, 0) is 0 Å². The zero-order valence-electron chi connectivity index (χ0n) is 15.0. The molecule has 0 radical (unpaired) electrons. The first kappa shape index (κ1) is 17.2. The summed E-state index contributed by atoms with van der Waals surface area (Å²) in [6, 6.07) is 10.4. The Kier molecular flexibility index (Phi) is 5.50. The molecule has 0 amide bonds. The highest BCUT2D eigenvalue weighted by atomic mass is 15.3. The summed E-state index contributed by atoms with van der Waals surface area (Å²) in [5.74, 6) is 1.57. The molecule has 1 aliphatic rings. The van der Waals surface area contributed by atoms with Gasteiger partial charge in [-0.05, 0) is 37.0 Å². The molecule has 0 spiro atoms. The van der Waals surface area contributed by atoms with Crippen molar-refractivity contribution in [2.45, 2.75) is 6.92 Å². The first-order valence-corrected chi connectivity index (χ1v) is 8.71. The summed E-state index contributed by atoms with van der Waals surface area (Å²) >= 11 is 0. The number of likely N-dealkylation sites (N-methyl/N-ethyl adjacent to an activating group) is 1. The smallest absolute Gasteiger partial charge is 0.137 e. The topological polar surface area (TPSA) is 47.5 Å². The maximum absolute atomic E-state index is 4.28. The zero-order chi connectivity index (χ0) is 17.6. The number of hydrogen-bond acceptors (Lipinski definition) is 6. The fourth-order valence-electron chi connectivity index (χ4n) is 2.93. The van der Waals surface area contributed by atoms with Crippen LogP contribution >= 0.6 is 0 Å². The lowest BCUT2D eigenvalue weighted by Crippen LogP contribution is -2.46. The molecule has 1 saturated heterocycles. The van der Waals surface area contributed by atoms with Crippen molar-refractivity contribution < 1.29 is 0 Å². The second-order valence-electron chi connectivity index (χ2n) is 6.15. The number of benzene rings is 1. The molecule has 6 nitrogen and oxygen atoms in total. The van der Waals surface area contributed by atoms with E-state index in [2.05, 4.69) is 62.9 Å². The van der Waals surface area contributed by atoms with Crippen molar-refractivity contribution in [1.82, 2.24) is 14.9 Å². The average molecular weight is 338 g/mol. The van der Waals surface area contributed by atoms with E-state index in [1.807, 2.05) is 18.0 Å². The van der Waals surface area contributed by atoms with Crippen molar-refractivity contribution in [2.24, 2.45) is 0 Å². The molecule has 132 valence electrons. The summed E-state index contributed by atoms with van der Waals surface area (Å²) in [7, 11) is 1.91. The summed E-state index contributed by atoms with van der Waals surface area (Å²) in [6.45, 7) is 11.6. The van der Waals surface area contributed by atoms with E-state index in [1.165, 1.54) is 5.69 Å². The molecule has 2 heterocycles. The molecule has 1 fully saturated rings. The average Bonchev–Trinajstić information content (AvgIpc) is 2.68. The maximum Gasteiger partial charge on any atom is 0.137 e. The fourth-order valence-corrected chi connectivity index (χ4v) is 2.93. The molecule has 3 rings (SSSR count). The van der Waals surface area contributed by atoms with Crippen LogP contribution in [0.3, 0.4) is 0 Å². The molecule has 1 aromatic carbocycles. The SMILES string of the molecule is C=CN(C)c1cc(Nc2ccc(N3CCN(CC)CC3)cc2)ncn1. The molecule has 0 aliphatic carbocycles. The van der Waals surface area contributed by atoms with Crippen molar-refractivity contribution in [2.75, 3.05) is 54.9 Å². The minimum atomic E-state index is 0.767. The molecule has 0 bridgehead atoms. The highest BCUT2D eigenvalue weighted by Gasteiger charge is 2.15. The lowest BCUT2D eigenvalue weighted by Gasteiger charge is -2.35. The van der Waals surface area contributed by atoms with Gasteiger partial charge in [0.2, 0.25) is 0 Å². The maximum atomic E-state index is 4.28. The Bertz CT molecular complexity index is 691. The van der Waals surface area contributed by atoms with Crippen LogP contribution in [0.15, 0.2) is 49.4 Å². The van der Waals surface area contributed by atoms with Crippen LogP contribution in [0.25, 0.3) is 0 Å². The van der Waals surface area contributed by atoms with E-state index in [4.69, 9.17) is 0 Å². The molecular weight excluding hydrogens is 312 g/mol. The van der Waals surface area contributed by atoms with E-state index < -0.39 is 0 Å². The Morgan fingerprint density at radius 2 is 1.88 bits per heavy atom. The Morgan fingerprint density at radius 1 is 1.16 bits per heavy atom. The second-order valence-corrected chi connectivity index (χ2v) is 6.15. The van der Waals surface area contributed by atoms with Crippen LogP contribution in [0.1, 0.15) is 6.92 Å². The predicted molar refractivity (Wildman–Crippen MR) is 105 cm³/mol. The number of anilines is 4. The van der Waals surface area contributed by atoms with Crippen molar-refractivity contribution in [3.8, 4) is 0 Å². The van der Waals surface area contributed by atoms with Gasteiger partial charge in [-0.2, -0.15) is 0 Å². The van der Waals surface area contributed by atoms with Gasteiger partial charge in [-0.1, -0.05) is 13.5 Å². The molecule has 0 saturated carbocycles. The van der Waals surface area contributed by atoms with Crippen LogP contribution in [0.4, 0.5) is 23.0 Å². The molecule has 1 N–H and O–H groups in total. The molecule has 25 heavy (non-hydrogen) atoms. The van der Waals surface area contributed by atoms with E-state index in [9.17, 15) is 0 Å². The van der Waals surface area contributed by atoms with Crippen LogP contribution in [0, 0.1) is 0 Å². The minimum Gasteiger partial charge on any atom is -0.369 e. The molecule has 1 aliphatic heterocycles. The molecule has 1 aromatic heterocycles. The van der Waals surface area contributed by atoms with Gasteiger partial charge in [0.25, 0.3) is 0 Å². The number of piperazine rings is 1. The summed E-state index contributed by atoms with van der Waals surface area (Å²) in [4.78, 5) is 15.3. The molecule has 0 unspecified atom stereocenters. The number of nitrogens with one attached hydrogen (secondary N) is 1. The summed E-state index contributed by atoms with van der Waals surface area (Å²) < 4.78 is 0. The van der Waals surface area contributed by atoms with E-state index in [0.717, 1.165) is 50.0 Å². The highest BCUT2D eigenvalue weighted by Crippen LogP contribution is 2.22. The van der Waals surface area contributed by atoms with Gasteiger partial charge in [-0.25, -0.2) is 9.97 Å². The Morgan fingerprint density at radius 3 is 2.52 bits per heavy atom. The highest BCUT2D eigenvalue weighted by molar-refractivity contribution is 5.62. The quantitative estimate of drug-likeness (QED) is 0.874. The van der Waals surface area contributed by atoms with Crippen LogP contribution in [-0.4, -0.2) is 54.6 Å². The largest absolute Gasteiger partial charge is 0.369 e. The van der Waals surface area contributed by atoms with Crippen LogP contribution in [0.2, 0.25) is 0 Å². The summed E-state index contributed by atoms with van der Waals surface area (Å²) in [6.07, 6.45) is 3.28. The third-order valence-electron chi connectivity index (χ3n) is 4.61. The van der Waals surface area contributed by atoms with Gasteiger partial charge in [-0.3, -0.25) is 0 Å². The molecule has 0 atom stereocenters. The van der Waals surface area contributed by atoms with Gasteiger partial charge in [-0.15, -0.1) is 0 Å². The molecular formula is C19H26N6. The third kappa shape index (κ3) is 4.28. The van der Waals surface area contributed by atoms with Crippen molar-refractivity contribution in [1.29, 1.82) is 0 Å². The Labute approximate surface area is 149 Å². The predicted octanol–water partition coefficient (Wildman–Crippen LogP) is 2.94. The molecule has 2 aromatic rings. The van der Waals surface area contributed by atoms with Crippen LogP contribution < -0.4 is 15.1 Å². The summed E-state index contributed by atoms with van der Waals surface area (Å²) in [5, 5.41) is 3.33. The van der Waals surface area contributed by atoms with Gasteiger partial charge in [0.1, 0.15) is 18.0 Å². The number of nitrogens with zero attached hydrogens (tertiary/aromatic N) is 5. The van der Waals surface area contributed by atoms with Crippen molar-refractivity contribution in [3.63, 3.8) is 0 Å². The van der Waals surface area contributed by atoms with Gasteiger partial charge in [0.15, 0.2) is 0 Å². The standard InChI is InChI=1S/C19H26N6/c1-4-23(3)19-14-18(20-15-21-19)22-16-6-8-17(9-7-16)25-12-10-24(5-2)11-13-25/h4,6-9,14-15H,1,5,10-13H2,2-3H3,(H,20,21,22). The third-order valence-corrected chi connectivity index (χ3v) is 4.61. The van der Waals surface area contributed by atoms with Gasteiger partial charge in [0.05, 0.1) is 0 Å². The Balaban J connectivity index is 1.64. The normalized spacial score (nSPS) is 15.0. The zero-order valence-corrected chi connectivity index (χ0v) is 15.0. The van der Waals surface area contributed by atoms with Gasteiger partial charge >= 0.3 is 0 Å². The number of aromatic nitrogens is 2. The fraction of sp³-hybridized carbons (Fsp3) is 0.368. The Hall–Kier alpha value is -2.60. The van der Waals surface area contributed by atoms with E-state index in [0.29, 0.717) is 0 Å². The monoisotopic (exact) mass is 338 g/mol. The van der Waals surface area contributed by atoms with E-state index >= 15 is 0 Å². The molecule has 6 heteroatoms.